The lowest BCUT2D eigenvalue weighted by Gasteiger charge is -2.25. The molecular weight excluding hydrogens is 565 g/mol. The molecule has 13 heteroatoms. The smallest absolute Gasteiger partial charge is 0.248 e. The van der Waals surface area contributed by atoms with Crippen molar-refractivity contribution in [1.29, 1.82) is 0 Å². The number of benzene rings is 1. The van der Waals surface area contributed by atoms with E-state index in [9.17, 15) is 9.90 Å². The largest absolute Gasteiger partial charge is 0.479 e. The van der Waals surface area contributed by atoms with Crippen LogP contribution in [0.1, 0.15) is 31.9 Å². The molecule has 10 nitrogen and oxygen atoms in total. The number of carbonyl (C=O) groups is 1. The zero-order chi connectivity index (χ0) is 30.4. The number of aromatic nitrogens is 3. The average Bonchev–Trinajstić information content (AvgIpc) is 3.44. The van der Waals surface area contributed by atoms with Crippen LogP contribution in [0.5, 0.6) is 5.75 Å². The van der Waals surface area contributed by atoms with Crippen LogP contribution in [0.15, 0.2) is 77.9 Å². The molecule has 0 bridgehead atoms. The van der Waals surface area contributed by atoms with Crippen LogP contribution in [0, 0.1) is 0 Å². The van der Waals surface area contributed by atoms with Crippen molar-refractivity contribution in [3.05, 3.63) is 83.6 Å². The molecule has 1 saturated heterocycles. The first-order chi connectivity index (χ1) is 20.7. The Kier molecular flexibility index (Phi) is 9.82. The van der Waals surface area contributed by atoms with Gasteiger partial charge in [-0.3, -0.25) is 14.7 Å². The number of pyridine rings is 1. The van der Waals surface area contributed by atoms with E-state index in [1.807, 2.05) is 30.4 Å². The molecule has 3 N–H and O–H groups in total. The summed E-state index contributed by atoms with van der Waals surface area (Å²) < 4.78 is 11.5. The molecule has 1 unspecified atom stereocenters. The summed E-state index contributed by atoms with van der Waals surface area (Å²) >= 11 is 6.58. The molecule has 1 fully saturated rings. The maximum absolute atomic E-state index is 12.9. The summed E-state index contributed by atoms with van der Waals surface area (Å²) in [5.41, 5.74) is -0.410. The highest BCUT2D eigenvalue weighted by Crippen LogP contribution is 2.39. The van der Waals surface area contributed by atoms with Crippen LogP contribution in [0.3, 0.4) is 0 Å². The molecule has 2 atom stereocenters. The molecule has 4 radical (unpaired) electrons. The van der Waals surface area contributed by atoms with E-state index in [1.165, 1.54) is 12.4 Å². The van der Waals surface area contributed by atoms with E-state index in [0.29, 0.717) is 40.5 Å². The maximum Gasteiger partial charge on any atom is 0.248 e. The standard InChI is InChI=1S/C30H31B2ClN6O4/c1-2-39-15-5-7-21(39)9-13-26(40)38-24-11-10-23-27(28(24)43-30(31,32)41)29(36-18-35-23)37-19-8-12-25(22(33)16-19)42-17-20-6-3-4-14-34-20/h3-4,6,8-11,13-14,16,18,21,25,41H,2,5,7,12,15,17H2,1H3,(H,38,40)(H,35,36,37)/b13-9+/t21-,25?/m1/s1. The highest BCUT2D eigenvalue weighted by molar-refractivity contribution is 6.37. The first-order valence-corrected chi connectivity index (χ1v) is 14.4. The van der Waals surface area contributed by atoms with Crippen LogP contribution < -0.4 is 15.4 Å². The minimum Gasteiger partial charge on any atom is -0.479 e. The van der Waals surface area contributed by atoms with Crippen LogP contribution >= 0.6 is 11.6 Å². The topological polar surface area (TPSA) is 122 Å². The summed E-state index contributed by atoms with van der Waals surface area (Å²) in [6, 6.07) is 9.12. The zero-order valence-corrected chi connectivity index (χ0v) is 24.5. The third kappa shape index (κ3) is 8.03. The van der Waals surface area contributed by atoms with Gasteiger partial charge in [-0.05, 0) is 62.7 Å². The van der Waals surface area contributed by atoms with Gasteiger partial charge in [-0.1, -0.05) is 36.7 Å². The summed E-state index contributed by atoms with van der Waals surface area (Å²) in [6.07, 6.45) is 12.4. The van der Waals surface area contributed by atoms with E-state index in [4.69, 9.17) is 36.8 Å². The molecule has 218 valence electrons. The van der Waals surface area contributed by atoms with Gasteiger partial charge < -0.3 is 25.2 Å². The Morgan fingerprint density at radius 3 is 2.86 bits per heavy atom. The summed E-state index contributed by atoms with van der Waals surface area (Å²) in [4.78, 5) is 28.2. The van der Waals surface area contributed by atoms with E-state index >= 15 is 0 Å². The number of carbonyl (C=O) groups excluding carboxylic acids is 1. The molecule has 1 aromatic carbocycles. The van der Waals surface area contributed by atoms with Gasteiger partial charge in [0.1, 0.15) is 17.7 Å². The molecule has 5 rings (SSSR count). The monoisotopic (exact) mass is 596 g/mol. The summed E-state index contributed by atoms with van der Waals surface area (Å²) in [5, 5.41) is 17.1. The number of aliphatic hydroxyl groups is 1. The Balaban J connectivity index is 1.38. The molecule has 1 amide bonds. The second-order valence-electron chi connectivity index (χ2n) is 10.3. The van der Waals surface area contributed by atoms with Gasteiger partial charge in [0.15, 0.2) is 21.4 Å². The van der Waals surface area contributed by atoms with Gasteiger partial charge in [-0.15, -0.1) is 0 Å². The van der Waals surface area contributed by atoms with Gasteiger partial charge in [-0.25, -0.2) is 9.97 Å². The third-order valence-corrected chi connectivity index (χ3v) is 7.50. The lowest BCUT2D eigenvalue weighted by Crippen LogP contribution is -2.37. The number of rotatable bonds is 11. The second-order valence-corrected chi connectivity index (χ2v) is 10.7. The first kappa shape index (κ1) is 30.7. The highest BCUT2D eigenvalue weighted by atomic mass is 35.5. The Morgan fingerprint density at radius 2 is 2.12 bits per heavy atom. The van der Waals surface area contributed by atoms with Gasteiger partial charge in [0.2, 0.25) is 5.91 Å². The predicted molar refractivity (Wildman–Crippen MR) is 168 cm³/mol. The van der Waals surface area contributed by atoms with Crippen LogP contribution in [0.25, 0.3) is 10.9 Å². The summed E-state index contributed by atoms with van der Waals surface area (Å²) in [5.74, 6) is -0.0632. The number of likely N-dealkylation sites (tertiary alicyclic amines) is 1. The van der Waals surface area contributed by atoms with Crippen molar-refractivity contribution in [1.82, 2.24) is 19.9 Å². The first-order valence-electron chi connectivity index (χ1n) is 14.1. The van der Waals surface area contributed by atoms with Crippen molar-refractivity contribution in [2.45, 2.75) is 50.5 Å². The van der Waals surface area contributed by atoms with Crippen LogP contribution in [0.2, 0.25) is 0 Å². The van der Waals surface area contributed by atoms with E-state index < -0.39 is 5.59 Å². The fraction of sp³-hybridized carbons (Fsp3) is 0.333. The van der Waals surface area contributed by atoms with Gasteiger partial charge in [0.25, 0.3) is 0 Å². The van der Waals surface area contributed by atoms with E-state index in [0.717, 1.165) is 31.6 Å². The Labute approximate surface area is 258 Å². The lowest BCUT2D eigenvalue weighted by molar-refractivity contribution is -0.112. The van der Waals surface area contributed by atoms with Gasteiger partial charge in [-0.2, -0.15) is 0 Å². The number of allylic oxidation sites excluding steroid dienone is 1. The van der Waals surface area contributed by atoms with Crippen LogP contribution in [-0.2, 0) is 16.1 Å². The van der Waals surface area contributed by atoms with Gasteiger partial charge in [0, 0.05) is 29.0 Å². The SMILES string of the molecule is [B]C([B])(O)Oc1c(NC(=O)/C=C/[C@H]2CCCN2CC)ccc2ncnc(NC3=CCC(OCc4ccccn4)C(Cl)=C3)c12. The lowest BCUT2D eigenvalue weighted by atomic mass is 9.76. The van der Waals surface area contributed by atoms with E-state index in [2.05, 4.69) is 37.4 Å². The Hall–Kier alpha value is -3.70. The van der Waals surface area contributed by atoms with Crippen LogP contribution in [0.4, 0.5) is 11.5 Å². The van der Waals surface area contributed by atoms with Crippen molar-refractivity contribution in [3.8, 4) is 5.75 Å². The number of ether oxygens (including phenoxy) is 2. The summed E-state index contributed by atoms with van der Waals surface area (Å²) in [7, 11) is 11.3. The van der Waals surface area contributed by atoms with Gasteiger partial charge in [0.05, 0.1) is 35.0 Å². The maximum atomic E-state index is 12.9. The third-order valence-electron chi connectivity index (χ3n) is 7.14. The minimum absolute atomic E-state index is 0.00559. The molecule has 3 heterocycles. The molecule has 43 heavy (non-hydrogen) atoms. The number of anilines is 2. The molecule has 2 aliphatic rings. The molecule has 0 saturated carbocycles. The number of likely N-dealkylation sites (N-methyl/N-ethyl adjacent to an activating group) is 1. The van der Waals surface area contributed by atoms with Crippen molar-refractivity contribution in [2.75, 3.05) is 23.7 Å². The molecular formula is C30H31B2ClN6O4. The quantitative estimate of drug-likeness (QED) is 0.173. The fourth-order valence-corrected chi connectivity index (χ4v) is 5.38. The molecule has 0 spiro atoms. The van der Waals surface area contributed by atoms with E-state index in [-0.39, 0.29) is 29.5 Å². The normalized spacial score (nSPS) is 19.3. The van der Waals surface area contributed by atoms with Gasteiger partial charge >= 0.3 is 0 Å². The minimum atomic E-state index is -2.55. The summed E-state index contributed by atoms with van der Waals surface area (Å²) in [6.45, 7) is 4.34. The number of halogens is 1. The molecule has 1 aliphatic carbocycles. The van der Waals surface area contributed by atoms with Crippen molar-refractivity contribution in [2.24, 2.45) is 0 Å². The number of hydrogen-bond donors (Lipinski definition) is 3. The van der Waals surface area contributed by atoms with Crippen molar-refractivity contribution in [3.63, 3.8) is 0 Å². The highest BCUT2D eigenvalue weighted by Gasteiger charge is 2.24. The number of nitrogens with one attached hydrogen (secondary N) is 2. The molecule has 1 aliphatic heterocycles. The number of nitrogens with zero attached hydrogens (tertiary/aromatic N) is 4. The molecule has 2 aromatic heterocycles. The van der Waals surface area contributed by atoms with Crippen molar-refractivity contribution >= 4 is 55.6 Å². The zero-order valence-electron chi connectivity index (χ0n) is 23.7. The second kappa shape index (κ2) is 13.7. The average molecular weight is 597 g/mol. The molecule has 3 aromatic rings. The van der Waals surface area contributed by atoms with E-state index in [1.54, 1.807) is 24.4 Å². The number of amides is 1. The number of fused-ring (bicyclic) bond motifs is 1. The van der Waals surface area contributed by atoms with Crippen molar-refractivity contribution < 1.29 is 19.4 Å². The predicted octanol–water partition coefficient (Wildman–Crippen LogP) is 3.73. The Morgan fingerprint density at radius 1 is 1.26 bits per heavy atom. The fourth-order valence-electron chi connectivity index (χ4n) is 5.11. The van der Waals surface area contributed by atoms with Crippen LogP contribution in [-0.4, -0.2) is 77.4 Å². The number of hydrogen-bond acceptors (Lipinski definition) is 9. The Bertz CT molecular complexity index is 1550.